The molecule has 0 saturated carbocycles. The molecule has 0 unspecified atom stereocenters. The van der Waals surface area contributed by atoms with Crippen LogP contribution in [0.3, 0.4) is 0 Å². The average molecular weight is 336 g/mol. The number of rotatable bonds is 4. The predicted octanol–water partition coefficient (Wildman–Crippen LogP) is 4.68. The van der Waals surface area contributed by atoms with E-state index < -0.39 is 0 Å². The maximum absolute atomic E-state index is 12.1. The average Bonchev–Trinajstić information content (AvgIpc) is 2.55. The van der Waals surface area contributed by atoms with Crippen LogP contribution in [0.15, 0.2) is 47.6 Å². The maximum atomic E-state index is 12.1. The molecule has 0 radical (unpaired) electrons. The number of hydrogen-bond acceptors (Lipinski definition) is 2. The van der Waals surface area contributed by atoms with Crippen molar-refractivity contribution in [2.75, 3.05) is 0 Å². The first kappa shape index (κ1) is 18.9. The first-order valence-corrected chi connectivity index (χ1v) is 8.67. The highest BCUT2D eigenvalue weighted by Gasteiger charge is 2.13. The zero-order valence-electron chi connectivity index (χ0n) is 16.1. The van der Waals surface area contributed by atoms with Crippen LogP contribution >= 0.6 is 0 Å². The molecule has 0 aliphatic carbocycles. The number of amides is 1. The third-order valence-electron chi connectivity index (χ3n) is 4.45. The number of hydrazone groups is 1. The minimum absolute atomic E-state index is 0.103. The number of hydrogen-bond donors (Lipinski definition) is 1. The van der Waals surface area contributed by atoms with Crippen molar-refractivity contribution in [3.63, 3.8) is 0 Å². The van der Waals surface area contributed by atoms with Crippen LogP contribution in [0.25, 0.3) is 0 Å². The van der Waals surface area contributed by atoms with E-state index in [0.717, 1.165) is 16.8 Å². The van der Waals surface area contributed by atoms with E-state index in [0.29, 0.717) is 6.42 Å². The zero-order valence-corrected chi connectivity index (χ0v) is 16.1. The number of nitrogens with zero attached hydrogens (tertiary/aromatic N) is 1. The summed E-state index contributed by atoms with van der Waals surface area (Å²) >= 11 is 0. The van der Waals surface area contributed by atoms with Crippen LogP contribution in [0, 0.1) is 13.8 Å². The zero-order chi connectivity index (χ0) is 18.6. The molecule has 0 aliphatic heterocycles. The van der Waals surface area contributed by atoms with Gasteiger partial charge in [0.15, 0.2) is 0 Å². The monoisotopic (exact) mass is 336 g/mol. The lowest BCUT2D eigenvalue weighted by Gasteiger charge is -2.19. The van der Waals surface area contributed by atoms with Crippen LogP contribution in [0.2, 0.25) is 0 Å². The molecular weight excluding hydrogens is 308 g/mol. The van der Waals surface area contributed by atoms with Gasteiger partial charge in [0.05, 0.1) is 12.1 Å². The molecule has 2 aromatic carbocycles. The van der Waals surface area contributed by atoms with Crippen LogP contribution in [-0.2, 0) is 16.6 Å². The molecule has 0 heterocycles. The fourth-order valence-electron chi connectivity index (χ4n) is 2.56. The molecule has 0 fully saturated rings. The molecule has 3 nitrogen and oxygen atoms in total. The molecule has 0 saturated heterocycles. The van der Waals surface area contributed by atoms with E-state index in [1.165, 1.54) is 16.7 Å². The third-order valence-corrected chi connectivity index (χ3v) is 4.45. The Bertz CT molecular complexity index is 781. The Hall–Kier alpha value is -2.42. The van der Waals surface area contributed by atoms with Gasteiger partial charge in [0.25, 0.3) is 0 Å². The second-order valence-electron chi connectivity index (χ2n) is 7.65. The van der Waals surface area contributed by atoms with Crippen LogP contribution in [0.1, 0.15) is 55.5 Å². The number of benzene rings is 2. The molecule has 132 valence electrons. The first-order chi connectivity index (χ1) is 11.7. The van der Waals surface area contributed by atoms with Crippen molar-refractivity contribution >= 4 is 11.6 Å². The number of nitrogens with one attached hydrogen (secondary N) is 1. The molecule has 0 spiro atoms. The Morgan fingerprint density at radius 3 is 2.20 bits per heavy atom. The van der Waals surface area contributed by atoms with Gasteiger partial charge in [0, 0.05) is 0 Å². The number of aryl methyl sites for hydroxylation is 2. The first-order valence-electron chi connectivity index (χ1n) is 8.67. The summed E-state index contributed by atoms with van der Waals surface area (Å²) in [7, 11) is 0. The standard InChI is InChI=1S/C22H28N2O/c1-15-7-8-18(13-16(15)2)14-21(25)24-23-17(3)19-9-11-20(12-10-19)22(4,5)6/h7-13H,14H2,1-6H3,(H,24,25)/b23-17-. The van der Waals surface area contributed by atoms with E-state index in [-0.39, 0.29) is 11.3 Å². The van der Waals surface area contributed by atoms with Gasteiger partial charge < -0.3 is 0 Å². The van der Waals surface area contributed by atoms with E-state index >= 15 is 0 Å². The minimum atomic E-state index is -0.103. The fourth-order valence-corrected chi connectivity index (χ4v) is 2.56. The van der Waals surface area contributed by atoms with E-state index in [1.54, 1.807) is 0 Å². The molecule has 1 N–H and O–H groups in total. The Morgan fingerprint density at radius 2 is 1.64 bits per heavy atom. The Morgan fingerprint density at radius 1 is 1.00 bits per heavy atom. The molecule has 0 bridgehead atoms. The summed E-state index contributed by atoms with van der Waals surface area (Å²) in [6.45, 7) is 12.6. The molecule has 0 atom stereocenters. The summed E-state index contributed by atoms with van der Waals surface area (Å²) in [5.74, 6) is -0.103. The molecule has 1 amide bonds. The Balaban J connectivity index is 2.00. The third kappa shape index (κ3) is 5.28. The number of carbonyl (C=O) groups is 1. The topological polar surface area (TPSA) is 41.5 Å². The minimum Gasteiger partial charge on any atom is -0.273 e. The largest absolute Gasteiger partial charge is 0.273 e. The fraction of sp³-hybridized carbons (Fsp3) is 0.364. The lowest BCUT2D eigenvalue weighted by Crippen LogP contribution is -2.21. The van der Waals surface area contributed by atoms with Gasteiger partial charge in [-0.3, -0.25) is 4.79 Å². The summed E-state index contributed by atoms with van der Waals surface area (Å²) in [4.78, 5) is 12.1. The second kappa shape index (κ2) is 7.64. The number of carbonyl (C=O) groups excluding carboxylic acids is 1. The molecule has 2 aromatic rings. The molecule has 25 heavy (non-hydrogen) atoms. The van der Waals surface area contributed by atoms with E-state index in [9.17, 15) is 4.79 Å². The van der Waals surface area contributed by atoms with E-state index in [2.05, 4.69) is 75.5 Å². The summed E-state index contributed by atoms with van der Waals surface area (Å²) < 4.78 is 0. The lowest BCUT2D eigenvalue weighted by molar-refractivity contribution is -0.120. The van der Waals surface area contributed by atoms with Gasteiger partial charge in [-0.15, -0.1) is 0 Å². The van der Waals surface area contributed by atoms with Crippen molar-refractivity contribution in [2.24, 2.45) is 5.10 Å². The van der Waals surface area contributed by atoms with E-state index in [4.69, 9.17) is 0 Å². The molecule has 0 aromatic heterocycles. The summed E-state index contributed by atoms with van der Waals surface area (Å²) in [5, 5.41) is 4.24. The van der Waals surface area contributed by atoms with Crippen LogP contribution < -0.4 is 5.43 Å². The second-order valence-corrected chi connectivity index (χ2v) is 7.65. The van der Waals surface area contributed by atoms with Gasteiger partial charge in [0.2, 0.25) is 5.91 Å². The SMILES string of the molecule is C/C(=N/NC(=O)Cc1ccc(C)c(C)c1)c1ccc(C(C)(C)C)cc1. The van der Waals surface area contributed by atoms with Crippen LogP contribution in [0.4, 0.5) is 0 Å². The highest BCUT2D eigenvalue weighted by atomic mass is 16.2. The van der Waals surface area contributed by atoms with Gasteiger partial charge in [-0.25, -0.2) is 5.43 Å². The molecule has 3 heteroatoms. The van der Waals surface area contributed by atoms with Gasteiger partial charge >= 0.3 is 0 Å². The van der Waals surface area contributed by atoms with Crippen molar-refractivity contribution in [1.82, 2.24) is 5.43 Å². The molecule has 2 rings (SSSR count). The van der Waals surface area contributed by atoms with Crippen molar-refractivity contribution in [1.29, 1.82) is 0 Å². The van der Waals surface area contributed by atoms with Crippen LogP contribution in [-0.4, -0.2) is 11.6 Å². The quantitative estimate of drug-likeness (QED) is 0.639. The van der Waals surface area contributed by atoms with Crippen molar-refractivity contribution < 1.29 is 4.79 Å². The normalized spacial score (nSPS) is 12.2. The van der Waals surface area contributed by atoms with Gasteiger partial charge in [-0.05, 0) is 54.0 Å². The highest BCUT2D eigenvalue weighted by Crippen LogP contribution is 2.22. The smallest absolute Gasteiger partial charge is 0.244 e. The summed E-state index contributed by atoms with van der Waals surface area (Å²) in [6.07, 6.45) is 0.334. The van der Waals surface area contributed by atoms with Gasteiger partial charge in [0.1, 0.15) is 0 Å². The molecular formula is C22H28N2O. The van der Waals surface area contributed by atoms with Gasteiger partial charge in [-0.2, -0.15) is 5.10 Å². The summed E-state index contributed by atoms with van der Waals surface area (Å²) in [5.41, 5.74) is 9.31. The van der Waals surface area contributed by atoms with Crippen molar-refractivity contribution in [3.8, 4) is 0 Å². The maximum Gasteiger partial charge on any atom is 0.244 e. The summed E-state index contributed by atoms with van der Waals surface area (Å²) in [6, 6.07) is 14.4. The Kier molecular flexibility index (Phi) is 5.78. The molecule has 0 aliphatic rings. The van der Waals surface area contributed by atoms with Crippen molar-refractivity contribution in [3.05, 3.63) is 70.3 Å². The lowest BCUT2D eigenvalue weighted by atomic mass is 9.86. The highest BCUT2D eigenvalue weighted by molar-refractivity contribution is 5.99. The van der Waals surface area contributed by atoms with Crippen LogP contribution in [0.5, 0.6) is 0 Å². The van der Waals surface area contributed by atoms with Crippen molar-refractivity contribution in [2.45, 2.75) is 53.4 Å². The predicted molar refractivity (Wildman–Crippen MR) is 105 cm³/mol. The van der Waals surface area contributed by atoms with Gasteiger partial charge in [-0.1, -0.05) is 63.2 Å². The Labute approximate surface area is 151 Å². The van der Waals surface area contributed by atoms with E-state index in [1.807, 2.05) is 19.1 Å².